The Morgan fingerprint density at radius 1 is 1.03 bits per heavy atom. The number of fused-ring (bicyclic) bond motifs is 1. The van der Waals surface area contributed by atoms with Crippen molar-refractivity contribution < 1.29 is 22.3 Å². The number of aryl methyl sites for hydroxylation is 1. The van der Waals surface area contributed by atoms with E-state index in [9.17, 15) is 17.6 Å². The summed E-state index contributed by atoms with van der Waals surface area (Å²) in [6.45, 7) is 7.72. The highest BCUT2D eigenvalue weighted by molar-refractivity contribution is 5.95. The molecule has 0 unspecified atom stereocenters. The van der Waals surface area contributed by atoms with Crippen LogP contribution in [-0.4, -0.2) is 36.5 Å². The lowest BCUT2D eigenvalue weighted by Gasteiger charge is -2.29. The number of anilines is 2. The summed E-state index contributed by atoms with van der Waals surface area (Å²) in [5.41, 5.74) is 0.975. The SMILES string of the molecule is Cc1c([C@@H](C)Nc2nnc(C)c3ccc(N4CCOCC4)cc23)cc(F)cc1C(F)(F)F. The molecule has 4 rings (SSSR count). The van der Waals surface area contributed by atoms with Crippen LogP contribution in [0.25, 0.3) is 10.8 Å². The van der Waals surface area contributed by atoms with Crippen LogP contribution in [-0.2, 0) is 10.9 Å². The van der Waals surface area contributed by atoms with Crippen LogP contribution >= 0.6 is 0 Å². The minimum Gasteiger partial charge on any atom is -0.378 e. The highest BCUT2D eigenvalue weighted by atomic mass is 19.4. The van der Waals surface area contributed by atoms with E-state index >= 15 is 0 Å². The van der Waals surface area contributed by atoms with E-state index in [4.69, 9.17) is 4.74 Å². The van der Waals surface area contributed by atoms with Gasteiger partial charge in [-0.3, -0.25) is 0 Å². The minimum atomic E-state index is -4.63. The van der Waals surface area contributed by atoms with Crippen LogP contribution in [0.3, 0.4) is 0 Å². The summed E-state index contributed by atoms with van der Waals surface area (Å²) in [5, 5.41) is 13.3. The van der Waals surface area contributed by atoms with Crippen molar-refractivity contribution >= 4 is 22.3 Å². The lowest BCUT2D eigenvalue weighted by molar-refractivity contribution is -0.138. The average molecular weight is 448 g/mol. The Labute approximate surface area is 183 Å². The lowest BCUT2D eigenvalue weighted by atomic mass is 9.96. The second kappa shape index (κ2) is 8.54. The first-order chi connectivity index (χ1) is 15.1. The summed E-state index contributed by atoms with van der Waals surface area (Å²) >= 11 is 0. The van der Waals surface area contributed by atoms with Gasteiger partial charge in [0.2, 0.25) is 0 Å². The van der Waals surface area contributed by atoms with E-state index in [1.165, 1.54) is 6.92 Å². The Balaban J connectivity index is 1.73. The molecule has 0 saturated carbocycles. The maximum Gasteiger partial charge on any atom is 0.416 e. The van der Waals surface area contributed by atoms with Crippen molar-refractivity contribution in [2.45, 2.75) is 33.0 Å². The number of rotatable bonds is 4. The first kappa shape index (κ1) is 22.3. The van der Waals surface area contributed by atoms with E-state index in [2.05, 4.69) is 20.4 Å². The van der Waals surface area contributed by atoms with Crippen LogP contribution in [0.15, 0.2) is 30.3 Å². The number of hydrogen-bond donors (Lipinski definition) is 1. The first-order valence-electron chi connectivity index (χ1n) is 10.4. The molecule has 2 aromatic carbocycles. The van der Waals surface area contributed by atoms with E-state index in [0.717, 1.165) is 41.3 Å². The number of morpholine rings is 1. The van der Waals surface area contributed by atoms with Gasteiger partial charge in [0, 0.05) is 29.5 Å². The monoisotopic (exact) mass is 448 g/mol. The number of hydrogen-bond acceptors (Lipinski definition) is 5. The zero-order chi connectivity index (χ0) is 23.0. The lowest BCUT2D eigenvalue weighted by Crippen LogP contribution is -2.36. The highest BCUT2D eigenvalue weighted by Gasteiger charge is 2.34. The van der Waals surface area contributed by atoms with E-state index < -0.39 is 23.6 Å². The first-order valence-corrected chi connectivity index (χ1v) is 10.4. The van der Waals surface area contributed by atoms with Gasteiger partial charge in [0.15, 0.2) is 5.82 Å². The van der Waals surface area contributed by atoms with Gasteiger partial charge >= 0.3 is 6.18 Å². The number of ether oxygens (including phenoxy) is 1. The third-order valence-electron chi connectivity index (χ3n) is 5.86. The fraction of sp³-hybridized carbons (Fsp3) is 0.391. The largest absolute Gasteiger partial charge is 0.416 e. The average Bonchev–Trinajstić information content (AvgIpc) is 2.76. The van der Waals surface area contributed by atoms with Crippen molar-refractivity contribution in [1.82, 2.24) is 10.2 Å². The number of nitrogens with zero attached hydrogens (tertiary/aromatic N) is 3. The fourth-order valence-electron chi connectivity index (χ4n) is 4.13. The molecule has 5 nitrogen and oxygen atoms in total. The molecular formula is C23H24F4N4O. The molecule has 1 fully saturated rings. The summed E-state index contributed by atoms with van der Waals surface area (Å²) in [5.74, 6) is -0.494. The Hall–Kier alpha value is -2.94. The normalized spacial score (nSPS) is 15.8. The van der Waals surface area contributed by atoms with Gasteiger partial charge in [-0.1, -0.05) is 6.07 Å². The van der Waals surface area contributed by atoms with E-state index in [-0.39, 0.29) is 11.1 Å². The molecule has 0 spiro atoms. The predicted molar refractivity (Wildman–Crippen MR) is 115 cm³/mol. The molecule has 3 aromatic rings. The molecule has 1 aliphatic heterocycles. The molecular weight excluding hydrogens is 424 g/mol. The van der Waals surface area contributed by atoms with Crippen molar-refractivity contribution in [1.29, 1.82) is 0 Å². The zero-order valence-corrected chi connectivity index (χ0v) is 18.1. The molecule has 170 valence electrons. The summed E-state index contributed by atoms with van der Waals surface area (Å²) in [4.78, 5) is 2.21. The van der Waals surface area contributed by atoms with E-state index in [0.29, 0.717) is 25.1 Å². The maximum absolute atomic E-state index is 14.0. The minimum absolute atomic E-state index is 0.0164. The van der Waals surface area contributed by atoms with Crippen LogP contribution in [0.2, 0.25) is 0 Å². The van der Waals surface area contributed by atoms with Gasteiger partial charge in [-0.15, -0.1) is 5.10 Å². The van der Waals surface area contributed by atoms with E-state index in [1.807, 2.05) is 25.1 Å². The van der Waals surface area contributed by atoms with Crippen molar-refractivity contribution in [3.05, 3.63) is 58.5 Å². The number of alkyl halides is 3. The molecule has 0 bridgehead atoms. The summed E-state index contributed by atoms with van der Waals surface area (Å²) in [6, 6.07) is 7.01. The molecule has 0 amide bonds. The van der Waals surface area contributed by atoms with Gasteiger partial charge in [-0.05, 0) is 56.2 Å². The fourth-order valence-corrected chi connectivity index (χ4v) is 4.13. The maximum atomic E-state index is 14.0. The van der Waals surface area contributed by atoms with Gasteiger partial charge in [0.05, 0.1) is 30.5 Å². The molecule has 1 saturated heterocycles. The van der Waals surface area contributed by atoms with Crippen LogP contribution < -0.4 is 10.2 Å². The Morgan fingerprint density at radius 2 is 1.75 bits per heavy atom. The topological polar surface area (TPSA) is 50.3 Å². The van der Waals surface area contributed by atoms with Crippen LogP contribution in [0.5, 0.6) is 0 Å². The Bertz CT molecular complexity index is 1140. The molecule has 32 heavy (non-hydrogen) atoms. The number of benzene rings is 2. The summed E-state index contributed by atoms with van der Waals surface area (Å²) < 4.78 is 59.5. The molecule has 0 radical (unpaired) electrons. The molecule has 1 N–H and O–H groups in total. The second-order valence-corrected chi connectivity index (χ2v) is 7.99. The third-order valence-corrected chi connectivity index (χ3v) is 5.86. The van der Waals surface area contributed by atoms with Gasteiger partial charge in [0.25, 0.3) is 0 Å². The standard InChI is InChI=1S/C23H24F4N4O/c1-13-19(10-16(24)11-21(13)23(25,26)27)14(2)28-22-20-12-17(31-6-8-32-9-7-31)4-5-18(20)15(3)29-30-22/h4-5,10-12,14H,6-9H2,1-3H3,(H,28,30)/t14-/m1/s1. The highest BCUT2D eigenvalue weighted by Crippen LogP contribution is 2.37. The van der Waals surface area contributed by atoms with Gasteiger partial charge < -0.3 is 15.0 Å². The molecule has 1 atom stereocenters. The van der Waals surface area contributed by atoms with Crippen LogP contribution in [0.4, 0.5) is 29.1 Å². The van der Waals surface area contributed by atoms with Crippen molar-refractivity contribution in [3.8, 4) is 0 Å². The number of nitrogens with one attached hydrogen (secondary N) is 1. The predicted octanol–water partition coefficient (Wildman–Crippen LogP) is 5.41. The number of aromatic nitrogens is 2. The summed E-state index contributed by atoms with van der Waals surface area (Å²) in [7, 11) is 0. The van der Waals surface area contributed by atoms with Gasteiger partial charge in [0.1, 0.15) is 5.82 Å². The van der Waals surface area contributed by atoms with E-state index in [1.54, 1.807) is 6.92 Å². The summed E-state index contributed by atoms with van der Waals surface area (Å²) in [6.07, 6.45) is -4.63. The van der Waals surface area contributed by atoms with Gasteiger partial charge in [-0.25, -0.2) is 4.39 Å². The molecule has 0 aliphatic carbocycles. The van der Waals surface area contributed by atoms with Crippen LogP contribution in [0.1, 0.15) is 35.3 Å². The second-order valence-electron chi connectivity index (χ2n) is 7.99. The van der Waals surface area contributed by atoms with Crippen LogP contribution in [0, 0.1) is 19.7 Å². The van der Waals surface area contributed by atoms with Crippen molar-refractivity contribution in [2.24, 2.45) is 0 Å². The molecule has 1 aliphatic rings. The van der Waals surface area contributed by atoms with Crippen molar-refractivity contribution in [2.75, 3.05) is 36.5 Å². The molecule has 9 heteroatoms. The number of halogens is 4. The Kier molecular flexibility index (Phi) is 5.94. The molecule has 2 heterocycles. The molecule has 1 aromatic heterocycles. The Morgan fingerprint density at radius 3 is 2.44 bits per heavy atom. The van der Waals surface area contributed by atoms with Gasteiger partial charge in [-0.2, -0.15) is 18.3 Å². The smallest absolute Gasteiger partial charge is 0.378 e. The van der Waals surface area contributed by atoms with Crippen molar-refractivity contribution in [3.63, 3.8) is 0 Å². The zero-order valence-electron chi connectivity index (χ0n) is 18.1. The quantitative estimate of drug-likeness (QED) is 0.541. The third kappa shape index (κ3) is 4.34.